The number of benzene rings is 1. The lowest BCUT2D eigenvalue weighted by atomic mass is 9.92. The van der Waals surface area contributed by atoms with Crippen molar-refractivity contribution < 1.29 is 19.1 Å². The Bertz CT molecular complexity index is 1350. The third-order valence-electron chi connectivity index (χ3n) is 6.45. The number of carbonyl (C=O) groups excluding carboxylic acids is 2. The van der Waals surface area contributed by atoms with Crippen molar-refractivity contribution in [2.45, 2.75) is 33.7 Å². The van der Waals surface area contributed by atoms with E-state index in [1.165, 1.54) is 10.9 Å². The number of rotatable bonds is 4. The van der Waals surface area contributed by atoms with Crippen LogP contribution in [0.5, 0.6) is 11.5 Å². The van der Waals surface area contributed by atoms with Gasteiger partial charge in [0.15, 0.2) is 11.5 Å². The van der Waals surface area contributed by atoms with Gasteiger partial charge in [0, 0.05) is 24.8 Å². The Morgan fingerprint density at radius 2 is 1.86 bits per heavy atom. The number of likely N-dealkylation sites (tertiary alicyclic amines) is 1. The number of carbonyl (C=O) groups is 2. The van der Waals surface area contributed by atoms with Crippen molar-refractivity contribution in [2.75, 3.05) is 31.6 Å². The molecule has 9 nitrogen and oxygen atoms in total. The Kier molecular flexibility index (Phi) is 6.22. The zero-order valence-electron chi connectivity index (χ0n) is 20.0. The Labute approximate surface area is 206 Å². The summed E-state index contributed by atoms with van der Waals surface area (Å²) in [5, 5.41) is 3.24. The maximum atomic E-state index is 13.2. The van der Waals surface area contributed by atoms with Crippen LogP contribution in [-0.4, -0.2) is 52.6 Å². The minimum atomic E-state index is -0.333. The summed E-state index contributed by atoms with van der Waals surface area (Å²) in [7, 11) is 0. The number of nitrogens with zero attached hydrogens (tertiary/aromatic N) is 3. The van der Waals surface area contributed by atoms with Gasteiger partial charge in [-0.15, -0.1) is 11.3 Å². The van der Waals surface area contributed by atoms with Crippen molar-refractivity contribution in [1.29, 1.82) is 0 Å². The fourth-order valence-corrected chi connectivity index (χ4v) is 5.94. The summed E-state index contributed by atoms with van der Waals surface area (Å²) in [6, 6.07) is 5.21. The highest BCUT2D eigenvalue weighted by Crippen LogP contribution is 2.33. The van der Waals surface area contributed by atoms with Gasteiger partial charge in [-0.2, -0.15) is 0 Å². The second-order valence-electron chi connectivity index (χ2n) is 9.47. The second kappa shape index (κ2) is 9.33. The molecule has 184 valence electrons. The van der Waals surface area contributed by atoms with Gasteiger partial charge in [0.2, 0.25) is 5.91 Å². The molecular weight excluding hydrogens is 468 g/mol. The lowest BCUT2D eigenvalue weighted by molar-refractivity contribution is -0.134. The minimum Gasteiger partial charge on any atom is -0.486 e. The van der Waals surface area contributed by atoms with E-state index in [2.05, 4.69) is 24.1 Å². The molecule has 2 unspecified atom stereocenters. The van der Waals surface area contributed by atoms with E-state index >= 15 is 0 Å². The molecule has 2 aromatic heterocycles. The summed E-state index contributed by atoms with van der Waals surface area (Å²) in [5.74, 6) is 1.68. The van der Waals surface area contributed by atoms with Crippen molar-refractivity contribution >= 4 is 39.1 Å². The first-order valence-electron chi connectivity index (χ1n) is 11.8. The number of thiophene rings is 1. The van der Waals surface area contributed by atoms with Gasteiger partial charge in [0.25, 0.3) is 11.5 Å². The van der Waals surface area contributed by atoms with Gasteiger partial charge in [-0.05, 0) is 42.9 Å². The van der Waals surface area contributed by atoms with Crippen LogP contribution in [0.1, 0.15) is 35.5 Å². The van der Waals surface area contributed by atoms with Crippen LogP contribution in [0.15, 0.2) is 29.3 Å². The lowest BCUT2D eigenvalue weighted by Gasteiger charge is -2.35. The highest BCUT2D eigenvalue weighted by molar-refractivity contribution is 7.20. The molecule has 0 radical (unpaired) electrons. The molecule has 2 aliphatic heterocycles. The molecule has 0 bridgehead atoms. The predicted molar refractivity (Wildman–Crippen MR) is 134 cm³/mol. The van der Waals surface area contributed by atoms with Crippen molar-refractivity contribution in [2.24, 2.45) is 11.8 Å². The molecule has 0 saturated carbocycles. The number of aryl methyl sites for hydroxylation is 1. The van der Waals surface area contributed by atoms with E-state index in [1.807, 2.05) is 4.90 Å². The van der Waals surface area contributed by atoms with Crippen LogP contribution in [0.25, 0.3) is 10.2 Å². The summed E-state index contributed by atoms with van der Waals surface area (Å²) in [5.41, 5.74) is 0.810. The molecule has 1 aromatic carbocycles. The van der Waals surface area contributed by atoms with Crippen LogP contribution in [-0.2, 0) is 11.3 Å². The Morgan fingerprint density at radius 3 is 2.60 bits per heavy atom. The number of ether oxygens (including phenoxy) is 2. The maximum Gasteiger partial charge on any atom is 0.266 e. The van der Waals surface area contributed by atoms with Crippen LogP contribution in [0, 0.1) is 18.8 Å². The van der Waals surface area contributed by atoms with Crippen LogP contribution in [0.4, 0.5) is 5.69 Å². The van der Waals surface area contributed by atoms with Crippen LogP contribution >= 0.6 is 11.3 Å². The number of hydrogen-bond acceptors (Lipinski definition) is 7. The van der Waals surface area contributed by atoms with Gasteiger partial charge in [-0.3, -0.25) is 19.0 Å². The Hall–Kier alpha value is -3.40. The zero-order chi connectivity index (χ0) is 24.7. The molecule has 1 fully saturated rings. The molecule has 0 spiro atoms. The molecule has 1 saturated heterocycles. The van der Waals surface area contributed by atoms with E-state index < -0.39 is 0 Å². The SMILES string of the molecule is Cc1c(C(=O)Nc2ccc3c(c2)OCCO3)sc2ncn(CC(=O)N3CC(C)CC(C)C3)c(=O)c12. The maximum absolute atomic E-state index is 13.2. The fourth-order valence-electron chi connectivity index (χ4n) is 4.91. The van der Waals surface area contributed by atoms with Crippen molar-refractivity contribution in [3.8, 4) is 11.5 Å². The molecule has 2 atom stereocenters. The first kappa shape index (κ1) is 23.3. The van der Waals surface area contributed by atoms with E-state index in [1.54, 1.807) is 25.1 Å². The molecule has 3 aromatic rings. The van der Waals surface area contributed by atoms with Gasteiger partial charge in [0.1, 0.15) is 24.6 Å². The monoisotopic (exact) mass is 496 g/mol. The zero-order valence-corrected chi connectivity index (χ0v) is 20.8. The van der Waals surface area contributed by atoms with Crippen molar-refractivity contribution in [3.63, 3.8) is 0 Å². The Morgan fingerprint density at radius 1 is 1.14 bits per heavy atom. The fraction of sp³-hybridized carbons (Fsp3) is 0.440. The van der Waals surface area contributed by atoms with Crippen LogP contribution < -0.4 is 20.3 Å². The summed E-state index contributed by atoms with van der Waals surface area (Å²) >= 11 is 1.16. The predicted octanol–water partition coefficient (Wildman–Crippen LogP) is 3.29. The average molecular weight is 497 g/mol. The largest absolute Gasteiger partial charge is 0.486 e. The molecule has 5 rings (SSSR count). The van der Waals surface area contributed by atoms with E-state index in [4.69, 9.17) is 9.47 Å². The Balaban J connectivity index is 1.37. The number of fused-ring (bicyclic) bond motifs is 2. The molecular formula is C25H28N4O5S. The first-order chi connectivity index (χ1) is 16.8. The van der Waals surface area contributed by atoms with E-state index in [0.29, 0.717) is 76.0 Å². The molecule has 0 aliphatic carbocycles. The number of nitrogens with one attached hydrogen (secondary N) is 1. The summed E-state index contributed by atoms with van der Waals surface area (Å²) in [6.45, 7) is 8.31. The molecule has 35 heavy (non-hydrogen) atoms. The standard InChI is InChI=1S/C25H28N4O5S/c1-14-8-15(2)11-28(10-14)20(30)12-29-13-26-24-21(25(29)32)16(3)22(35-24)23(31)27-17-4-5-18-19(9-17)34-7-6-33-18/h4-5,9,13-15H,6-8,10-12H2,1-3H3,(H,27,31). The highest BCUT2D eigenvalue weighted by Gasteiger charge is 2.26. The number of piperidine rings is 1. The van der Waals surface area contributed by atoms with Crippen LogP contribution in [0.2, 0.25) is 0 Å². The lowest BCUT2D eigenvalue weighted by Crippen LogP contribution is -2.44. The second-order valence-corrected chi connectivity index (χ2v) is 10.5. The van der Waals surface area contributed by atoms with Gasteiger partial charge in [-0.1, -0.05) is 13.8 Å². The molecule has 2 amide bonds. The summed E-state index contributed by atoms with van der Waals surface area (Å²) in [6.07, 6.45) is 2.50. The normalized spacial score (nSPS) is 19.6. The summed E-state index contributed by atoms with van der Waals surface area (Å²) < 4.78 is 12.4. The van der Waals surface area contributed by atoms with Gasteiger partial charge in [-0.25, -0.2) is 4.98 Å². The van der Waals surface area contributed by atoms with Gasteiger partial charge in [0.05, 0.1) is 16.6 Å². The first-order valence-corrected chi connectivity index (χ1v) is 12.6. The average Bonchev–Trinajstić information content (AvgIpc) is 3.17. The van der Waals surface area contributed by atoms with Crippen LogP contribution in [0.3, 0.4) is 0 Å². The number of hydrogen-bond donors (Lipinski definition) is 1. The molecule has 10 heteroatoms. The smallest absolute Gasteiger partial charge is 0.266 e. The van der Waals surface area contributed by atoms with Gasteiger partial charge < -0.3 is 19.7 Å². The summed E-state index contributed by atoms with van der Waals surface area (Å²) in [4.78, 5) is 46.3. The van der Waals surface area contributed by atoms with Crippen molar-refractivity contribution in [3.05, 3.63) is 45.3 Å². The number of anilines is 1. The molecule has 4 heterocycles. The number of aromatic nitrogens is 2. The molecule has 1 N–H and O–H groups in total. The third kappa shape index (κ3) is 4.62. The topological polar surface area (TPSA) is 103 Å². The van der Waals surface area contributed by atoms with E-state index in [-0.39, 0.29) is 23.9 Å². The van der Waals surface area contributed by atoms with Gasteiger partial charge >= 0.3 is 0 Å². The third-order valence-corrected chi connectivity index (χ3v) is 7.65. The highest BCUT2D eigenvalue weighted by atomic mass is 32.1. The van der Waals surface area contributed by atoms with E-state index in [9.17, 15) is 14.4 Å². The molecule has 2 aliphatic rings. The number of amides is 2. The van der Waals surface area contributed by atoms with E-state index in [0.717, 1.165) is 17.8 Å². The minimum absolute atomic E-state index is 0.0603. The van der Waals surface area contributed by atoms with Crippen molar-refractivity contribution in [1.82, 2.24) is 14.5 Å². The quantitative estimate of drug-likeness (QED) is 0.595.